The molecule has 0 aromatic carbocycles. The molecule has 1 fully saturated rings. The maximum Gasteiger partial charge on any atom is 0.0717 e. The molecule has 13 heavy (non-hydrogen) atoms. The fourth-order valence-electron chi connectivity index (χ4n) is 1.83. The molecule has 0 radical (unpaired) electrons. The Hall–Kier alpha value is -0.120. The number of hydrogen-bond acceptors (Lipinski definition) is 3. The highest BCUT2D eigenvalue weighted by atomic mass is 16.5. The fourth-order valence-corrected chi connectivity index (χ4v) is 1.83. The van der Waals surface area contributed by atoms with Crippen molar-refractivity contribution in [2.45, 2.75) is 32.4 Å². The summed E-state index contributed by atoms with van der Waals surface area (Å²) in [6.07, 6.45) is 1.53. The van der Waals surface area contributed by atoms with Gasteiger partial charge in [-0.2, -0.15) is 0 Å². The lowest BCUT2D eigenvalue weighted by Gasteiger charge is -2.17. The van der Waals surface area contributed by atoms with E-state index in [1.165, 1.54) is 0 Å². The van der Waals surface area contributed by atoms with Crippen LogP contribution in [0, 0.1) is 0 Å². The summed E-state index contributed by atoms with van der Waals surface area (Å²) in [5.41, 5.74) is 0. The third kappa shape index (κ3) is 3.25. The van der Waals surface area contributed by atoms with Crippen LogP contribution in [0.2, 0.25) is 0 Å². The van der Waals surface area contributed by atoms with Gasteiger partial charge in [-0.25, -0.2) is 0 Å². The molecule has 78 valence electrons. The minimum Gasteiger partial charge on any atom is -0.380 e. The lowest BCUT2D eigenvalue weighted by Crippen LogP contribution is -2.29. The Morgan fingerprint density at radius 1 is 1.31 bits per heavy atom. The summed E-state index contributed by atoms with van der Waals surface area (Å²) in [5.74, 6) is 0. The highest BCUT2D eigenvalue weighted by Gasteiger charge is 2.29. The quantitative estimate of drug-likeness (QED) is 0.644. The van der Waals surface area contributed by atoms with Gasteiger partial charge in [-0.05, 0) is 27.3 Å². The van der Waals surface area contributed by atoms with E-state index in [-0.39, 0.29) is 0 Å². The van der Waals surface area contributed by atoms with Gasteiger partial charge in [0.1, 0.15) is 0 Å². The summed E-state index contributed by atoms with van der Waals surface area (Å²) >= 11 is 0. The van der Waals surface area contributed by atoms with E-state index in [4.69, 9.17) is 9.47 Å². The molecule has 3 nitrogen and oxygen atoms in total. The zero-order valence-corrected chi connectivity index (χ0v) is 8.95. The smallest absolute Gasteiger partial charge is 0.0717 e. The lowest BCUT2D eigenvalue weighted by atomic mass is 10.2. The average Bonchev–Trinajstić information content (AvgIpc) is 2.44. The summed E-state index contributed by atoms with van der Waals surface area (Å²) in [7, 11) is 2.14. The Bertz CT molecular complexity index is 141. The first kappa shape index (κ1) is 11.0. The van der Waals surface area contributed by atoms with Gasteiger partial charge in [0.15, 0.2) is 0 Å². The van der Waals surface area contributed by atoms with Gasteiger partial charge in [0, 0.05) is 25.8 Å². The van der Waals surface area contributed by atoms with Crippen LogP contribution in [0.15, 0.2) is 0 Å². The van der Waals surface area contributed by atoms with Crippen molar-refractivity contribution in [3.8, 4) is 0 Å². The molecule has 1 aliphatic heterocycles. The van der Waals surface area contributed by atoms with Gasteiger partial charge in [-0.1, -0.05) is 0 Å². The van der Waals surface area contributed by atoms with Gasteiger partial charge in [0.05, 0.1) is 12.7 Å². The standard InChI is InChI=1S/C10H21NO2/c1-4-12-8-9-6-10(13-5-2)7-11(9)3/h9-10H,4-8H2,1-3H3. The highest BCUT2D eigenvalue weighted by molar-refractivity contribution is 4.83. The van der Waals surface area contributed by atoms with E-state index in [0.29, 0.717) is 12.1 Å². The molecule has 3 heteroatoms. The molecule has 0 N–H and O–H groups in total. The van der Waals surface area contributed by atoms with Gasteiger partial charge in [0.25, 0.3) is 0 Å². The molecule has 0 saturated carbocycles. The summed E-state index contributed by atoms with van der Waals surface area (Å²) in [6.45, 7) is 7.61. The van der Waals surface area contributed by atoms with Crippen molar-refractivity contribution in [1.82, 2.24) is 4.90 Å². The fraction of sp³-hybridized carbons (Fsp3) is 1.00. The predicted octanol–water partition coefficient (Wildman–Crippen LogP) is 1.13. The predicted molar refractivity (Wildman–Crippen MR) is 52.9 cm³/mol. The summed E-state index contributed by atoms with van der Waals surface area (Å²) in [5, 5.41) is 0. The monoisotopic (exact) mass is 187 g/mol. The Morgan fingerprint density at radius 2 is 2.08 bits per heavy atom. The van der Waals surface area contributed by atoms with Crippen molar-refractivity contribution in [3.05, 3.63) is 0 Å². The molecule has 0 aromatic heterocycles. The van der Waals surface area contributed by atoms with Crippen LogP contribution in [0.25, 0.3) is 0 Å². The van der Waals surface area contributed by atoms with Gasteiger partial charge in [0.2, 0.25) is 0 Å². The number of hydrogen-bond donors (Lipinski definition) is 0. The van der Waals surface area contributed by atoms with Crippen LogP contribution in [0.4, 0.5) is 0 Å². The van der Waals surface area contributed by atoms with E-state index >= 15 is 0 Å². The number of likely N-dealkylation sites (N-methyl/N-ethyl adjacent to an activating group) is 1. The summed E-state index contributed by atoms with van der Waals surface area (Å²) in [6, 6.07) is 0.552. The van der Waals surface area contributed by atoms with Gasteiger partial charge in [-0.3, -0.25) is 4.90 Å². The molecule has 0 aromatic rings. The molecule has 0 aliphatic carbocycles. The number of ether oxygens (including phenoxy) is 2. The molecule has 1 rings (SSSR count). The van der Waals surface area contributed by atoms with Crippen molar-refractivity contribution >= 4 is 0 Å². The first-order valence-corrected chi connectivity index (χ1v) is 5.17. The van der Waals surface area contributed by atoms with Crippen molar-refractivity contribution in [1.29, 1.82) is 0 Å². The van der Waals surface area contributed by atoms with Crippen molar-refractivity contribution in [3.63, 3.8) is 0 Å². The summed E-state index contributed by atoms with van der Waals surface area (Å²) in [4.78, 5) is 2.33. The largest absolute Gasteiger partial charge is 0.380 e. The van der Waals surface area contributed by atoms with Crippen molar-refractivity contribution < 1.29 is 9.47 Å². The van der Waals surface area contributed by atoms with E-state index in [1.54, 1.807) is 0 Å². The maximum atomic E-state index is 5.59. The molecule has 1 aliphatic rings. The van der Waals surface area contributed by atoms with Crippen molar-refractivity contribution in [2.75, 3.05) is 33.4 Å². The zero-order valence-electron chi connectivity index (χ0n) is 8.95. The number of likely N-dealkylation sites (tertiary alicyclic amines) is 1. The van der Waals surface area contributed by atoms with Crippen LogP contribution in [0.5, 0.6) is 0 Å². The van der Waals surface area contributed by atoms with Crippen molar-refractivity contribution in [2.24, 2.45) is 0 Å². The van der Waals surface area contributed by atoms with E-state index < -0.39 is 0 Å². The normalized spacial score (nSPS) is 29.8. The SMILES string of the molecule is CCOCC1CC(OCC)CN1C. The minimum absolute atomic E-state index is 0.417. The molecule has 0 amide bonds. The Balaban J connectivity index is 2.24. The summed E-state index contributed by atoms with van der Waals surface area (Å²) < 4.78 is 11.0. The van der Waals surface area contributed by atoms with E-state index in [9.17, 15) is 0 Å². The van der Waals surface area contributed by atoms with Crippen LogP contribution in [-0.4, -0.2) is 50.5 Å². The lowest BCUT2D eigenvalue weighted by molar-refractivity contribution is 0.0693. The maximum absolute atomic E-state index is 5.59. The molecule has 2 unspecified atom stereocenters. The molecule has 0 bridgehead atoms. The van der Waals surface area contributed by atoms with Crippen LogP contribution in [-0.2, 0) is 9.47 Å². The molecule has 0 spiro atoms. The van der Waals surface area contributed by atoms with E-state index in [1.807, 2.05) is 6.92 Å². The van der Waals surface area contributed by atoms with E-state index in [2.05, 4.69) is 18.9 Å². The van der Waals surface area contributed by atoms with Crippen LogP contribution in [0.3, 0.4) is 0 Å². The van der Waals surface area contributed by atoms with Crippen LogP contribution >= 0.6 is 0 Å². The Kier molecular flexibility index (Phi) is 4.70. The zero-order chi connectivity index (χ0) is 9.68. The Morgan fingerprint density at radius 3 is 2.69 bits per heavy atom. The molecule has 1 saturated heterocycles. The average molecular weight is 187 g/mol. The van der Waals surface area contributed by atoms with Gasteiger partial charge < -0.3 is 9.47 Å². The molecular weight excluding hydrogens is 166 g/mol. The second-order valence-corrected chi connectivity index (χ2v) is 3.57. The number of rotatable bonds is 5. The highest BCUT2D eigenvalue weighted by Crippen LogP contribution is 2.18. The molecular formula is C10H21NO2. The first-order valence-electron chi connectivity index (χ1n) is 5.17. The minimum atomic E-state index is 0.417. The molecule has 1 heterocycles. The number of nitrogens with zero attached hydrogens (tertiary/aromatic N) is 1. The second-order valence-electron chi connectivity index (χ2n) is 3.57. The first-order chi connectivity index (χ1) is 6.27. The van der Waals surface area contributed by atoms with Crippen LogP contribution < -0.4 is 0 Å². The Labute approximate surface area is 81.0 Å². The van der Waals surface area contributed by atoms with Gasteiger partial charge in [-0.15, -0.1) is 0 Å². The van der Waals surface area contributed by atoms with Crippen LogP contribution in [0.1, 0.15) is 20.3 Å². The van der Waals surface area contributed by atoms with Gasteiger partial charge >= 0.3 is 0 Å². The second kappa shape index (κ2) is 5.58. The van der Waals surface area contributed by atoms with E-state index in [0.717, 1.165) is 32.8 Å². The third-order valence-corrected chi connectivity index (χ3v) is 2.57. The third-order valence-electron chi connectivity index (χ3n) is 2.57. The topological polar surface area (TPSA) is 21.7 Å². The molecule has 2 atom stereocenters.